The lowest BCUT2D eigenvalue weighted by Crippen LogP contribution is -2.42. The first-order chi connectivity index (χ1) is 14.5. The molecule has 0 aliphatic heterocycles. The summed E-state index contributed by atoms with van der Waals surface area (Å²) in [4.78, 5) is 36.2. The number of nitrogens with one attached hydrogen (secondary N) is 2. The van der Waals surface area contributed by atoms with Gasteiger partial charge < -0.3 is 20.5 Å². The van der Waals surface area contributed by atoms with E-state index in [9.17, 15) is 19.5 Å². The molecule has 0 radical (unpaired) electrons. The first-order valence-corrected chi connectivity index (χ1v) is 10.1. The first kappa shape index (κ1) is 25.1. The number of carbonyl (C=O) groups excluding carboxylic acids is 3. The van der Waals surface area contributed by atoms with Gasteiger partial charge in [0, 0.05) is 12.8 Å². The van der Waals surface area contributed by atoms with Crippen LogP contribution in [-0.4, -0.2) is 48.7 Å². The minimum Gasteiger partial charge on any atom is -0.464 e. The molecule has 0 aromatic heterocycles. The largest absolute Gasteiger partial charge is 0.464 e. The van der Waals surface area contributed by atoms with Crippen LogP contribution in [0.1, 0.15) is 31.2 Å². The Morgan fingerprint density at radius 3 is 2.50 bits per heavy atom. The molecule has 0 spiro atoms. The summed E-state index contributed by atoms with van der Waals surface area (Å²) >= 11 is 0. The van der Waals surface area contributed by atoms with E-state index in [2.05, 4.69) is 23.8 Å². The summed E-state index contributed by atoms with van der Waals surface area (Å²) in [5, 5.41) is 15.0. The van der Waals surface area contributed by atoms with Crippen molar-refractivity contribution in [1.29, 1.82) is 0 Å². The number of rotatable bonds is 15. The second-order valence-electron chi connectivity index (χ2n) is 6.90. The van der Waals surface area contributed by atoms with E-state index in [4.69, 9.17) is 4.74 Å². The zero-order valence-corrected chi connectivity index (χ0v) is 17.3. The number of aliphatic hydroxyl groups excluding tert-OH is 1. The SMILES string of the molecule is C=CCCC(=O)OCCNC(=O)[C@H](CC=C)CC(=O)N[C@H](CO)Cc1ccccc1. The second kappa shape index (κ2) is 15.0. The lowest BCUT2D eigenvalue weighted by atomic mass is 9.99. The fourth-order valence-corrected chi connectivity index (χ4v) is 2.83. The van der Waals surface area contributed by atoms with Crippen LogP contribution in [0.3, 0.4) is 0 Å². The van der Waals surface area contributed by atoms with Gasteiger partial charge in [-0.3, -0.25) is 14.4 Å². The van der Waals surface area contributed by atoms with Crippen molar-refractivity contribution in [2.45, 2.75) is 38.1 Å². The lowest BCUT2D eigenvalue weighted by molar-refractivity contribution is -0.144. The van der Waals surface area contributed by atoms with Crippen molar-refractivity contribution in [1.82, 2.24) is 10.6 Å². The predicted octanol–water partition coefficient (Wildman–Crippen LogP) is 1.91. The van der Waals surface area contributed by atoms with E-state index in [1.807, 2.05) is 30.3 Å². The maximum Gasteiger partial charge on any atom is 0.306 e. The number of aliphatic hydroxyl groups is 1. The molecule has 1 aromatic carbocycles. The van der Waals surface area contributed by atoms with E-state index in [0.29, 0.717) is 19.3 Å². The Morgan fingerprint density at radius 1 is 1.13 bits per heavy atom. The summed E-state index contributed by atoms with van der Waals surface area (Å²) in [7, 11) is 0. The van der Waals surface area contributed by atoms with Gasteiger partial charge in [-0.2, -0.15) is 0 Å². The third-order valence-electron chi connectivity index (χ3n) is 4.38. The average molecular weight is 417 g/mol. The highest BCUT2D eigenvalue weighted by molar-refractivity contribution is 5.86. The minimum absolute atomic E-state index is 0.0255. The van der Waals surface area contributed by atoms with E-state index in [0.717, 1.165) is 5.56 Å². The molecule has 3 N–H and O–H groups in total. The van der Waals surface area contributed by atoms with Gasteiger partial charge in [0.2, 0.25) is 11.8 Å². The van der Waals surface area contributed by atoms with Crippen molar-refractivity contribution in [3.05, 3.63) is 61.2 Å². The zero-order chi connectivity index (χ0) is 22.2. The molecule has 30 heavy (non-hydrogen) atoms. The third-order valence-corrected chi connectivity index (χ3v) is 4.38. The average Bonchev–Trinajstić information content (AvgIpc) is 2.75. The summed E-state index contributed by atoms with van der Waals surface area (Å²) in [6.45, 7) is 7.22. The molecule has 2 atom stereocenters. The highest BCUT2D eigenvalue weighted by Crippen LogP contribution is 2.11. The Balaban J connectivity index is 2.45. The van der Waals surface area contributed by atoms with Crippen molar-refractivity contribution in [3.8, 4) is 0 Å². The Hall–Kier alpha value is -2.93. The summed E-state index contributed by atoms with van der Waals surface area (Å²) in [6.07, 6.45) is 4.82. The highest BCUT2D eigenvalue weighted by atomic mass is 16.5. The van der Waals surface area contributed by atoms with Gasteiger partial charge in [0.1, 0.15) is 6.61 Å². The predicted molar refractivity (Wildman–Crippen MR) is 115 cm³/mol. The molecule has 1 rings (SSSR count). The summed E-state index contributed by atoms with van der Waals surface area (Å²) in [6, 6.07) is 9.11. The van der Waals surface area contributed by atoms with E-state index in [-0.39, 0.29) is 50.4 Å². The van der Waals surface area contributed by atoms with Crippen molar-refractivity contribution >= 4 is 17.8 Å². The Morgan fingerprint density at radius 2 is 1.87 bits per heavy atom. The van der Waals surface area contributed by atoms with Crippen LogP contribution in [0, 0.1) is 5.92 Å². The number of benzene rings is 1. The van der Waals surface area contributed by atoms with Crippen LogP contribution in [0.5, 0.6) is 0 Å². The number of allylic oxidation sites excluding steroid dienone is 2. The molecule has 0 fully saturated rings. The van der Waals surface area contributed by atoms with Gasteiger partial charge in [-0.15, -0.1) is 13.2 Å². The monoisotopic (exact) mass is 416 g/mol. The van der Waals surface area contributed by atoms with Crippen LogP contribution in [0.2, 0.25) is 0 Å². The van der Waals surface area contributed by atoms with Crippen molar-refractivity contribution in [3.63, 3.8) is 0 Å². The Labute approximate surface area is 178 Å². The first-order valence-electron chi connectivity index (χ1n) is 10.1. The number of esters is 1. The summed E-state index contributed by atoms with van der Waals surface area (Å²) < 4.78 is 5.01. The molecule has 0 aliphatic rings. The van der Waals surface area contributed by atoms with Crippen molar-refractivity contribution in [2.24, 2.45) is 5.92 Å². The van der Waals surface area contributed by atoms with Gasteiger partial charge in [0.15, 0.2) is 0 Å². The van der Waals surface area contributed by atoms with Gasteiger partial charge in [-0.1, -0.05) is 42.5 Å². The molecule has 7 nitrogen and oxygen atoms in total. The van der Waals surface area contributed by atoms with E-state index < -0.39 is 12.0 Å². The molecule has 1 aromatic rings. The number of ether oxygens (including phenoxy) is 1. The van der Waals surface area contributed by atoms with Gasteiger partial charge in [-0.25, -0.2) is 0 Å². The molecule has 0 heterocycles. The van der Waals surface area contributed by atoms with Crippen molar-refractivity contribution < 1.29 is 24.2 Å². The molecule has 2 amide bonds. The number of carbonyl (C=O) groups is 3. The zero-order valence-electron chi connectivity index (χ0n) is 17.3. The molecule has 164 valence electrons. The molecule has 0 bridgehead atoms. The minimum atomic E-state index is -0.588. The van der Waals surface area contributed by atoms with E-state index in [1.165, 1.54) is 0 Å². The standard InChI is InChI=1S/C23H32N2O5/c1-3-5-12-22(28)30-14-13-24-23(29)19(9-4-2)16-21(27)25-20(17-26)15-18-10-7-6-8-11-18/h3-4,6-8,10-11,19-20,26H,1-2,5,9,12-17H2,(H,24,29)(H,25,27)/t19-,20+/m1/s1. The van der Waals surface area contributed by atoms with Crippen molar-refractivity contribution in [2.75, 3.05) is 19.8 Å². The van der Waals surface area contributed by atoms with Gasteiger partial charge in [-0.05, 0) is 24.8 Å². The van der Waals surface area contributed by atoms with E-state index >= 15 is 0 Å². The van der Waals surface area contributed by atoms with Gasteiger partial charge >= 0.3 is 5.97 Å². The number of amides is 2. The van der Waals surface area contributed by atoms with Crippen LogP contribution in [-0.2, 0) is 25.5 Å². The van der Waals surface area contributed by atoms with E-state index in [1.54, 1.807) is 12.2 Å². The fraction of sp³-hybridized carbons (Fsp3) is 0.435. The molecule has 0 saturated carbocycles. The molecule has 0 unspecified atom stereocenters. The maximum atomic E-state index is 12.4. The normalized spacial score (nSPS) is 12.3. The second-order valence-corrected chi connectivity index (χ2v) is 6.90. The van der Waals surface area contributed by atoms with Crippen LogP contribution < -0.4 is 10.6 Å². The summed E-state index contributed by atoms with van der Waals surface area (Å²) in [5.41, 5.74) is 1.000. The number of hydrogen-bond donors (Lipinski definition) is 3. The third kappa shape index (κ3) is 10.6. The van der Waals surface area contributed by atoms with Crippen LogP contribution in [0.4, 0.5) is 0 Å². The summed E-state index contributed by atoms with van der Waals surface area (Å²) in [5.74, 6) is -1.56. The van der Waals surface area contributed by atoms with Crippen LogP contribution in [0.25, 0.3) is 0 Å². The number of hydrogen-bond acceptors (Lipinski definition) is 5. The molecular weight excluding hydrogens is 384 g/mol. The quantitative estimate of drug-likeness (QED) is 0.230. The molecular formula is C23H32N2O5. The fourth-order valence-electron chi connectivity index (χ4n) is 2.83. The molecule has 7 heteroatoms. The van der Waals surface area contributed by atoms with Crippen LogP contribution in [0.15, 0.2) is 55.6 Å². The Bertz CT molecular complexity index is 690. The topological polar surface area (TPSA) is 105 Å². The highest BCUT2D eigenvalue weighted by Gasteiger charge is 2.22. The lowest BCUT2D eigenvalue weighted by Gasteiger charge is -2.19. The van der Waals surface area contributed by atoms with Gasteiger partial charge in [0.05, 0.1) is 25.1 Å². The smallest absolute Gasteiger partial charge is 0.306 e. The van der Waals surface area contributed by atoms with Crippen LogP contribution >= 0.6 is 0 Å². The molecule has 0 saturated heterocycles. The van der Waals surface area contributed by atoms with Gasteiger partial charge in [0.25, 0.3) is 0 Å². The molecule has 0 aliphatic carbocycles. The maximum absolute atomic E-state index is 12.4. The Kier molecular flexibility index (Phi) is 12.5.